The molecule has 2 rings (SSSR count). The van der Waals surface area contributed by atoms with Crippen LogP contribution in [-0.2, 0) is 16.4 Å². The van der Waals surface area contributed by atoms with Crippen molar-refractivity contribution in [2.75, 3.05) is 31.1 Å². The lowest BCUT2D eigenvalue weighted by atomic mass is 10.1. The normalized spacial score (nSPS) is 11.8. The van der Waals surface area contributed by atoms with E-state index >= 15 is 0 Å². The maximum absolute atomic E-state index is 11.7. The number of hydrogen-bond acceptors (Lipinski definition) is 4. The summed E-state index contributed by atoms with van der Waals surface area (Å²) in [5.74, 6) is 1.18. The molecule has 0 aliphatic carbocycles. The number of anilines is 2. The van der Waals surface area contributed by atoms with Gasteiger partial charge in [0.25, 0.3) is 10.0 Å². The van der Waals surface area contributed by atoms with Gasteiger partial charge >= 0.3 is 0 Å². The fraction of sp³-hybridized carbons (Fsp3) is 0.278. The Hall–Kier alpha value is -2.74. The van der Waals surface area contributed by atoms with E-state index in [2.05, 4.69) is 15.0 Å². The zero-order valence-electron chi connectivity index (χ0n) is 15.2. The van der Waals surface area contributed by atoms with Crippen LogP contribution in [0.5, 0.6) is 11.5 Å². The molecule has 0 aliphatic heterocycles. The molecule has 0 spiro atoms. The average molecular weight is 377 g/mol. The smallest absolute Gasteiger partial charge is 0.253 e. The number of hydrogen-bond donors (Lipinski definition) is 2. The van der Waals surface area contributed by atoms with Gasteiger partial charge in [-0.1, -0.05) is 19.1 Å². The van der Waals surface area contributed by atoms with Gasteiger partial charge in [0, 0.05) is 17.4 Å². The van der Waals surface area contributed by atoms with Crippen molar-refractivity contribution in [2.45, 2.75) is 13.3 Å². The van der Waals surface area contributed by atoms with Gasteiger partial charge in [0.05, 0.1) is 20.5 Å². The summed E-state index contributed by atoms with van der Waals surface area (Å²) in [6.07, 6.45) is 1.91. The van der Waals surface area contributed by atoms with Gasteiger partial charge in [0.1, 0.15) is 0 Å². The molecule has 0 atom stereocenters. The van der Waals surface area contributed by atoms with E-state index in [9.17, 15) is 8.42 Å². The lowest BCUT2D eigenvalue weighted by Gasteiger charge is -2.14. The molecule has 0 amide bonds. The van der Waals surface area contributed by atoms with E-state index in [1.165, 1.54) is 7.11 Å². The van der Waals surface area contributed by atoms with Gasteiger partial charge in [-0.3, -0.25) is 0 Å². The lowest BCUT2D eigenvalue weighted by molar-refractivity contribution is 0.355. The molecule has 0 aromatic heterocycles. The summed E-state index contributed by atoms with van der Waals surface area (Å²) < 4.78 is 37.5. The molecule has 0 bridgehead atoms. The van der Waals surface area contributed by atoms with Crippen LogP contribution < -0.4 is 20.1 Å². The molecule has 140 valence electrons. The van der Waals surface area contributed by atoms with E-state index in [1.54, 1.807) is 25.3 Å². The van der Waals surface area contributed by atoms with Crippen LogP contribution in [0.4, 0.5) is 11.4 Å². The number of nitrogens with one attached hydrogen (secondary N) is 2. The number of nitrogens with zero attached hydrogens (tertiary/aromatic N) is 1. The van der Waals surface area contributed by atoms with Gasteiger partial charge in [-0.2, -0.15) is 0 Å². The van der Waals surface area contributed by atoms with E-state index in [0.29, 0.717) is 17.2 Å². The first-order chi connectivity index (χ1) is 12.3. The Bertz CT molecular complexity index is 895. The maximum atomic E-state index is 11.7. The molecule has 7 nitrogen and oxygen atoms in total. The highest BCUT2D eigenvalue weighted by atomic mass is 32.2. The number of rotatable bonds is 6. The second-order valence-electron chi connectivity index (χ2n) is 5.55. The Morgan fingerprint density at radius 2 is 1.65 bits per heavy atom. The molecule has 0 radical (unpaired) electrons. The Morgan fingerprint density at radius 1 is 1.00 bits per heavy atom. The Balaban J connectivity index is 2.32. The second-order valence-corrected chi connectivity index (χ2v) is 7.20. The topological polar surface area (TPSA) is 89.0 Å². The van der Waals surface area contributed by atoms with E-state index < -0.39 is 10.0 Å². The molecule has 0 saturated carbocycles. The minimum Gasteiger partial charge on any atom is -0.493 e. The standard InChI is InChI=1S/C18H23N3O4S/c1-5-13-7-6-8-14(11-13)19-18(21-26(4,22)23)20-15-9-10-16(24-2)17(12-15)25-3/h6-12H,5H2,1-4H3,(H2,19,20,21). The van der Waals surface area contributed by atoms with Gasteiger partial charge < -0.3 is 20.1 Å². The zero-order chi connectivity index (χ0) is 19.2. The number of benzene rings is 2. The van der Waals surface area contributed by atoms with E-state index in [0.717, 1.165) is 23.9 Å². The first kappa shape index (κ1) is 19.6. The summed E-state index contributed by atoms with van der Waals surface area (Å²) in [7, 11) is -0.526. The highest BCUT2D eigenvalue weighted by molar-refractivity contribution is 7.89. The molecular formula is C18H23N3O4S. The summed E-state index contributed by atoms with van der Waals surface area (Å²) in [6.45, 7) is 2.05. The molecule has 8 heteroatoms. The third-order valence-corrected chi connectivity index (χ3v) is 4.02. The molecular weight excluding hydrogens is 354 g/mol. The number of aryl methyl sites for hydroxylation is 1. The lowest BCUT2D eigenvalue weighted by Crippen LogP contribution is -2.23. The van der Waals surface area contributed by atoms with Crippen LogP contribution in [0.3, 0.4) is 0 Å². The summed E-state index contributed by atoms with van der Waals surface area (Å²) >= 11 is 0. The fourth-order valence-corrected chi connectivity index (χ4v) is 2.72. The molecule has 0 heterocycles. The van der Waals surface area contributed by atoms with Crippen molar-refractivity contribution in [3.8, 4) is 11.5 Å². The van der Waals surface area contributed by atoms with Crippen molar-refractivity contribution >= 4 is 27.4 Å². The van der Waals surface area contributed by atoms with Crippen LogP contribution in [0.25, 0.3) is 0 Å². The van der Waals surface area contributed by atoms with Crippen LogP contribution in [-0.4, -0.2) is 34.9 Å². The number of sulfonamides is 1. The first-order valence-electron chi connectivity index (χ1n) is 7.99. The third kappa shape index (κ3) is 5.66. The summed E-state index contributed by atoms with van der Waals surface area (Å²) in [6, 6.07) is 12.8. The Morgan fingerprint density at radius 3 is 2.23 bits per heavy atom. The van der Waals surface area contributed by atoms with Gasteiger partial charge in [-0.25, -0.2) is 8.42 Å². The molecule has 0 saturated heterocycles. The highest BCUT2D eigenvalue weighted by Crippen LogP contribution is 2.29. The van der Waals surface area contributed by atoms with Crippen LogP contribution in [0.2, 0.25) is 0 Å². The van der Waals surface area contributed by atoms with Crippen molar-refractivity contribution in [1.29, 1.82) is 0 Å². The summed E-state index contributed by atoms with van der Waals surface area (Å²) in [5, 5.41) is 5.98. The molecule has 2 aromatic rings. The molecule has 0 aliphatic rings. The second kappa shape index (κ2) is 8.57. The van der Waals surface area contributed by atoms with Crippen molar-refractivity contribution in [2.24, 2.45) is 4.40 Å². The van der Waals surface area contributed by atoms with Gasteiger partial charge in [0.15, 0.2) is 11.5 Å². The number of ether oxygens (including phenoxy) is 2. The van der Waals surface area contributed by atoms with Gasteiger partial charge in [0.2, 0.25) is 5.96 Å². The van der Waals surface area contributed by atoms with Crippen LogP contribution in [0, 0.1) is 0 Å². The van der Waals surface area contributed by atoms with Crippen LogP contribution >= 0.6 is 0 Å². The minimum atomic E-state index is -3.60. The van der Waals surface area contributed by atoms with Crippen LogP contribution in [0.1, 0.15) is 12.5 Å². The highest BCUT2D eigenvalue weighted by Gasteiger charge is 2.09. The van der Waals surface area contributed by atoms with E-state index in [1.807, 2.05) is 31.2 Å². The van der Waals surface area contributed by atoms with Crippen molar-refractivity contribution < 1.29 is 17.9 Å². The molecule has 2 aromatic carbocycles. The molecule has 0 unspecified atom stereocenters. The summed E-state index contributed by atoms with van der Waals surface area (Å²) in [5.41, 5.74) is 2.46. The number of methoxy groups -OCH3 is 2. The zero-order valence-corrected chi connectivity index (χ0v) is 16.1. The van der Waals surface area contributed by atoms with Crippen molar-refractivity contribution in [3.05, 3.63) is 48.0 Å². The third-order valence-electron chi connectivity index (χ3n) is 3.50. The molecule has 26 heavy (non-hydrogen) atoms. The maximum Gasteiger partial charge on any atom is 0.253 e. The van der Waals surface area contributed by atoms with E-state index in [-0.39, 0.29) is 5.96 Å². The predicted molar refractivity (Wildman–Crippen MR) is 105 cm³/mol. The van der Waals surface area contributed by atoms with Crippen molar-refractivity contribution in [1.82, 2.24) is 0 Å². The first-order valence-corrected chi connectivity index (χ1v) is 9.84. The Kier molecular flexibility index (Phi) is 6.46. The van der Waals surface area contributed by atoms with Crippen LogP contribution in [0.15, 0.2) is 46.9 Å². The van der Waals surface area contributed by atoms with Gasteiger partial charge in [-0.15, -0.1) is 4.40 Å². The number of guanidine groups is 1. The minimum absolute atomic E-state index is 0.0907. The largest absolute Gasteiger partial charge is 0.493 e. The van der Waals surface area contributed by atoms with E-state index in [4.69, 9.17) is 9.47 Å². The Labute approximate surface area is 154 Å². The molecule has 2 N–H and O–H groups in total. The quantitative estimate of drug-likeness (QED) is 0.594. The average Bonchev–Trinajstić information content (AvgIpc) is 2.60. The summed E-state index contributed by atoms with van der Waals surface area (Å²) in [4.78, 5) is 0. The SMILES string of the molecule is CCc1cccc(N/C(=N\S(C)(=O)=O)Nc2ccc(OC)c(OC)c2)c1. The van der Waals surface area contributed by atoms with Gasteiger partial charge in [-0.05, 0) is 36.2 Å². The molecule has 0 fully saturated rings. The predicted octanol–water partition coefficient (Wildman–Crippen LogP) is 3.11. The fourth-order valence-electron chi connectivity index (χ4n) is 2.30. The van der Waals surface area contributed by atoms with Crippen molar-refractivity contribution in [3.63, 3.8) is 0 Å². The monoisotopic (exact) mass is 377 g/mol.